The summed E-state index contributed by atoms with van der Waals surface area (Å²) < 4.78 is 5.50. The molecular weight excluding hydrogens is 222 g/mol. The molecule has 2 nitrogen and oxygen atoms in total. The molecular formula is C16H25NO. The molecule has 1 aromatic carbocycles. The second-order valence-electron chi connectivity index (χ2n) is 4.67. The molecule has 0 saturated carbocycles. The van der Waals surface area contributed by atoms with Crippen LogP contribution in [-0.4, -0.2) is 13.8 Å². The van der Waals surface area contributed by atoms with E-state index in [1.165, 1.54) is 22.4 Å². The zero-order valence-electron chi connectivity index (χ0n) is 12.3. The van der Waals surface area contributed by atoms with Gasteiger partial charge in [-0.25, -0.2) is 0 Å². The van der Waals surface area contributed by atoms with Crippen molar-refractivity contribution >= 4 is 11.3 Å². The first-order valence-electron chi connectivity index (χ1n) is 6.71. The molecule has 0 aliphatic carbocycles. The maximum atomic E-state index is 5.50. The van der Waals surface area contributed by atoms with Gasteiger partial charge in [-0.15, -0.1) is 0 Å². The topological polar surface area (TPSA) is 12.5 Å². The van der Waals surface area contributed by atoms with Crippen LogP contribution in [0.1, 0.15) is 38.8 Å². The van der Waals surface area contributed by atoms with Gasteiger partial charge < -0.3 is 9.64 Å². The lowest BCUT2D eigenvalue weighted by Gasteiger charge is -2.30. The van der Waals surface area contributed by atoms with Crippen molar-refractivity contribution in [3.8, 4) is 0 Å². The molecule has 100 valence electrons. The van der Waals surface area contributed by atoms with Crippen molar-refractivity contribution in [1.29, 1.82) is 0 Å². The van der Waals surface area contributed by atoms with Crippen molar-refractivity contribution in [2.45, 2.75) is 34.3 Å². The van der Waals surface area contributed by atoms with Gasteiger partial charge in [-0.2, -0.15) is 0 Å². The average Bonchev–Trinajstić information content (AvgIpc) is 2.40. The summed E-state index contributed by atoms with van der Waals surface area (Å²) in [7, 11) is 2.06. The fraction of sp³-hybridized carbons (Fsp3) is 0.500. The largest absolute Gasteiger partial charge is 0.356 e. The van der Waals surface area contributed by atoms with Crippen molar-refractivity contribution in [2.24, 2.45) is 5.92 Å². The van der Waals surface area contributed by atoms with Gasteiger partial charge in [0.25, 0.3) is 0 Å². The molecule has 0 atom stereocenters. The van der Waals surface area contributed by atoms with Crippen LogP contribution < -0.4 is 4.90 Å². The number of allylic oxidation sites excluding steroid dienone is 1. The van der Waals surface area contributed by atoms with Gasteiger partial charge in [0.1, 0.15) is 6.73 Å². The molecule has 1 heterocycles. The maximum Gasteiger partial charge on any atom is 0.119 e. The smallest absolute Gasteiger partial charge is 0.119 e. The second kappa shape index (κ2) is 6.60. The third-order valence-corrected chi connectivity index (χ3v) is 3.09. The predicted molar refractivity (Wildman–Crippen MR) is 79.7 cm³/mol. The molecule has 1 aliphatic rings. The third kappa shape index (κ3) is 2.94. The van der Waals surface area contributed by atoms with E-state index in [9.17, 15) is 0 Å². The lowest BCUT2D eigenvalue weighted by atomic mass is 9.93. The fourth-order valence-corrected chi connectivity index (χ4v) is 2.09. The highest BCUT2D eigenvalue weighted by Gasteiger charge is 2.19. The minimum atomic E-state index is 0.475. The summed E-state index contributed by atoms with van der Waals surface area (Å²) in [5, 5.41) is 0. The number of nitrogens with zero attached hydrogens (tertiary/aromatic N) is 1. The highest BCUT2D eigenvalue weighted by atomic mass is 16.5. The van der Waals surface area contributed by atoms with Gasteiger partial charge in [-0.1, -0.05) is 52.5 Å². The Kier molecular flexibility index (Phi) is 5.42. The van der Waals surface area contributed by atoms with E-state index in [4.69, 9.17) is 4.74 Å². The van der Waals surface area contributed by atoms with Crippen molar-refractivity contribution in [3.63, 3.8) is 0 Å². The van der Waals surface area contributed by atoms with E-state index in [2.05, 4.69) is 50.6 Å². The molecule has 0 fully saturated rings. The Bertz CT molecular complexity index is 410. The normalized spacial score (nSPS) is 13.8. The number of para-hydroxylation sites is 1. The number of fused-ring (bicyclic) bond motifs is 1. The molecule has 2 heteroatoms. The Morgan fingerprint density at radius 1 is 1.33 bits per heavy atom. The quantitative estimate of drug-likeness (QED) is 0.772. The highest BCUT2D eigenvalue weighted by Crippen LogP contribution is 2.35. The van der Waals surface area contributed by atoms with Crippen molar-refractivity contribution in [3.05, 3.63) is 35.9 Å². The van der Waals surface area contributed by atoms with Crippen LogP contribution in [0.4, 0.5) is 5.69 Å². The third-order valence-electron chi connectivity index (χ3n) is 3.09. The summed E-state index contributed by atoms with van der Waals surface area (Å²) in [5.41, 5.74) is 5.00. The Balaban J connectivity index is 0.000000771. The summed E-state index contributed by atoms with van der Waals surface area (Å²) >= 11 is 0. The summed E-state index contributed by atoms with van der Waals surface area (Å²) in [6.45, 7) is 13.9. The number of hydrogen-bond acceptors (Lipinski definition) is 2. The monoisotopic (exact) mass is 247 g/mol. The van der Waals surface area contributed by atoms with Gasteiger partial charge in [0.05, 0.1) is 12.3 Å². The molecule has 1 aromatic rings. The molecule has 0 aromatic heterocycles. The van der Waals surface area contributed by atoms with Crippen LogP contribution in [0.15, 0.2) is 24.8 Å². The second-order valence-corrected chi connectivity index (χ2v) is 4.67. The first kappa shape index (κ1) is 14.8. The van der Waals surface area contributed by atoms with Crippen molar-refractivity contribution in [1.82, 2.24) is 0 Å². The molecule has 18 heavy (non-hydrogen) atoms. The predicted octanol–water partition coefficient (Wildman–Crippen LogP) is 4.31. The molecule has 2 rings (SSSR count). The SMILES string of the molecule is C=C(c1cccc2c1N(C)COC2)C(C)C.CC. The summed E-state index contributed by atoms with van der Waals surface area (Å²) in [4.78, 5) is 2.15. The van der Waals surface area contributed by atoms with Crippen LogP contribution in [0.2, 0.25) is 0 Å². The molecule has 1 aliphatic heterocycles. The zero-order valence-corrected chi connectivity index (χ0v) is 12.3. The number of rotatable bonds is 2. The molecule has 0 spiro atoms. The Hall–Kier alpha value is -1.28. The van der Waals surface area contributed by atoms with E-state index in [1.54, 1.807) is 0 Å². The summed E-state index contributed by atoms with van der Waals surface area (Å²) in [5.74, 6) is 0.475. The van der Waals surface area contributed by atoms with Crippen LogP contribution >= 0.6 is 0 Å². The van der Waals surface area contributed by atoms with E-state index < -0.39 is 0 Å². The van der Waals surface area contributed by atoms with Crippen molar-refractivity contribution < 1.29 is 4.74 Å². The van der Waals surface area contributed by atoms with Gasteiger partial charge in [0.2, 0.25) is 0 Å². The van der Waals surface area contributed by atoms with Gasteiger partial charge in [-0.05, 0) is 11.5 Å². The number of hydrogen-bond donors (Lipinski definition) is 0. The summed E-state index contributed by atoms with van der Waals surface area (Å²) in [6.07, 6.45) is 0. The fourth-order valence-electron chi connectivity index (χ4n) is 2.09. The lowest BCUT2D eigenvalue weighted by Crippen LogP contribution is -2.27. The standard InChI is InChI=1S/C14H19NO.C2H6/c1-10(2)11(3)13-7-5-6-12-8-16-9-15(4)14(12)13;1-2/h5-7,10H,3,8-9H2,1-2,4H3;1-2H3. The zero-order chi connectivity index (χ0) is 13.7. The van der Waals surface area contributed by atoms with E-state index >= 15 is 0 Å². The Labute approximate surface area is 111 Å². The minimum Gasteiger partial charge on any atom is -0.356 e. The first-order chi connectivity index (χ1) is 8.61. The average molecular weight is 247 g/mol. The summed E-state index contributed by atoms with van der Waals surface area (Å²) in [6, 6.07) is 6.37. The molecule has 0 amide bonds. The molecule has 0 N–H and O–H groups in total. The lowest BCUT2D eigenvalue weighted by molar-refractivity contribution is 0.113. The van der Waals surface area contributed by atoms with Crippen LogP contribution in [-0.2, 0) is 11.3 Å². The van der Waals surface area contributed by atoms with Crippen LogP contribution in [0.25, 0.3) is 5.57 Å². The van der Waals surface area contributed by atoms with Crippen LogP contribution in [0, 0.1) is 5.92 Å². The number of benzene rings is 1. The van der Waals surface area contributed by atoms with E-state index in [0.29, 0.717) is 19.3 Å². The van der Waals surface area contributed by atoms with Gasteiger partial charge >= 0.3 is 0 Å². The van der Waals surface area contributed by atoms with Gasteiger partial charge in [-0.3, -0.25) is 0 Å². The maximum absolute atomic E-state index is 5.50. The van der Waals surface area contributed by atoms with Gasteiger partial charge in [0, 0.05) is 18.2 Å². The van der Waals surface area contributed by atoms with Crippen LogP contribution in [0.3, 0.4) is 0 Å². The molecule has 0 unspecified atom stereocenters. The van der Waals surface area contributed by atoms with E-state index in [-0.39, 0.29) is 0 Å². The van der Waals surface area contributed by atoms with E-state index in [1.807, 2.05) is 13.8 Å². The van der Waals surface area contributed by atoms with Crippen molar-refractivity contribution in [2.75, 3.05) is 18.7 Å². The Morgan fingerprint density at radius 3 is 2.61 bits per heavy atom. The van der Waals surface area contributed by atoms with E-state index in [0.717, 1.165) is 0 Å². The highest BCUT2D eigenvalue weighted by molar-refractivity contribution is 5.78. The minimum absolute atomic E-state index is 0.475. The first-order valence-corrected chi connectivity index (χ1v) is 6.71. The van der Waals surface area contributed by atoms with Crippen LogP contribution in [0.5, 0.6) is 0 Å². The Morgan fingerprint density at radius 2 is 2.00 bits per heavy atom. The molecule has 0 saturated heterocycles. The molecule has 0 radical (unpaired) electrons. The molecule has 0 bridgehead atoms. The van der Waals surface area contributed by atoms with Gasteiger partial charge in [0.15, 0.2) is 0 Å². The number of ether oxygens (including phenoxy) is 1. The number of anilines is 1.